The summed E-state index contributed by atoms with van der Waals surface area (Å²) in [4.78, 5) is 3.91. The van der Waals surface area contributed by atoms with Crippen molar-refractivity contribution in [2.75, 3.05) is 0 Å². The van der Waals surface area contributed by atoms with Gasteiger partial charge in [0.15, 0.2) is 0 Å². The topological polar surface area (TPSA) is 32.6 Å². The number of benzene rings is 3. The molecule has 2 nitrogen and oxygen atoms in total. The lowest BCUT2D eigenvalue weighted by Gasteiger charge is -2.02. The van der Waals surface area contributed by atoms with Crippen LogP contribution in [-0.2, 0) is 0 Å². The van der Waals surface area contributed by atoms with Crippen LogP contribution in [0.2, 0.25) is 0 Å². The van der Waals surface area contributed by atoms with Crippen LogP contribution < -0.4 is 0 Å². The highest BCUT2D eigenvalue weighted by Crippen LogP contribution is 2.22. The first-order valence-corrected chi connectivity index (χ1v) is 7.75. The predicted octanol–water partition coefficient (Wildman–Crippen LogP) is 5.19. The van der Waals surface area contributed by atoms with E-state index in [-0.39, 0.29) is 5.75 Å². The van der Waals surface area contributed by atoms with Crippen LogP contribution in [0.3, 0.4) is 0 Å². The number of aromatic hydroxyl groups is 1. The Hall–Kier alpha value is -3.18. The second-order valence-electron chi connectivity index (χ2n) is 5.12. The van der Waals surface area contributed by atoms with E-state index in [0.29, 0.717) is 0 Å². The van der Waals surface area contributed by atoms with Gasteiger partial charge in [-0.25, -0.2) is 0 Å². The molecular weight excluding hydrogens is 314 g/mol. The number of isothiocyanates is 1. The maximum atomic E-state index is 9.34. The van der Waals surface area contributed by atoms with Crippen LogP contribution in [0.15, 0.2) is 77.8 Å². The number of nitrogens with zero attached hydrogens (tertiary/aromatic N) is 1. The Bertz CT molecular complexity index is 940. The van der Waals surface area contributed by atoms with Gasteiger partial charge < -0.3 is 5.11 Å². The number of hydrogen-bond acceptors (Lipinski definition) is 3. The molecule has 0 aliphatic heterocycles. The van der Waals surface area contributed by atoms with E-state index in [1.807, 2.05) is 60.7 Å². The van der Waals surface area contributed by atoms with Crippen LogP contribution in [-0.4, -0.2) is 10.3 Å². The Morgan fingerprint density at radius 2 is 1.12 bits per heavy atom. The van der Waals surface area contributed by atoms with Gasteiger partial charge in [-0.3, -0.25) is 0 Å². The molecule has 0 fully saturated rings. The van der Waals surface area contributed by atoms with Gasteiger partial charge in [0.2, 0.25) is 0 Å². The molecule has 0 bridgehead atoms. The molecule has 3 aromatic rings. The van der Waals surface area contributed by atoms with Gasteiger partial charge >= 0.3 is 0 Å². The summed E-state index contributed by atoms with van der Waals surface area (Å²) in [6, 6.07) is 22.7. The Balaban J connectivity index is 1.77. The third-order valence-electron chi connectivity index (χ3n) is 3.48. The lowest BCUT2D eigenvalue weighted by Crippen LogP contribution is -1.79. The number of hydrogen-bond donors (Lipinski definition) is 1. The zero-order valence-corrected chi connectivity index (χ0v) is 13.5. The van der Waals surface area contributed by atoms with E-state index in [4.69, 9.17) is 0 Å². The van der Waals surface area contributed by atoms with E-state index in [1.54, 1.807) is 12.1 Å². The molecule has 0 saturated heterocycles. The van der Waals surface area contributed by atoms with Crippen molar-refractivity contribution in [3.05, 3.63) is 83.9 Å². The van der Waals surface area contributed by atoms with E-state index < -0.39 is 0 Å². The highest BCUT2D eigenvalue weighted by molar-refractivity contribution is 7.78. The van der Waals surface area contributed by atoms with Gasteiger partial charge in [-0.15, -0.1) is 0 Å². The van der Waals surface area contributed by atoms with Crippen LogP contribution in [0.25, 0.3) is 11.1 Å². The first-order valence-electron chi connectivity index (χ1n) is 7.34. The quantitative estimate of drug-likeness (QED) is 0.399. The van der Waals surface area contributed by atoms with Gasteiger partial charge in [-0.2, -0.15) is 4.99 Å². The maximum Gasteiger partial charge on any atom is 0.115 e. The molecule has 0 unspecified atom stereocenters. The molecule has 0 saturated carbocycles. The summed E-state index contributed by atoms with van der Waals surface area (Å²) >= 11 is 4.58. The van der Waals surface area contributed by atoms with Gasteiger partial charge in [-0.1, -0.05) is 36.1 Å². The summed E-state index contributed by atoms with van der Waals surface area (Å²) < 4.78 is 0. The molecule has 0 aromatic heterocycles. The minimum absolute atomic E-state index is 0.267. The van der Waals surface area contributed by atoms with Crippen LogP contribution in [0.5, 0.6) is 5.75 Å². The second kappa shape index (κ2) is 7.39. The van der Waals surface area contributed by atoms with E-state index >= 15 is 0 Å². The molecule has 3 heteroatoms. The zero-order chi connectivity index (χ0) is 16.8. The third-order valence-corrected chi connectivity index (χ3v) is 3.57. The monoisotopic (exact) mass is 327 g/mol. The largest absolute Gasteiger partial charge is 0.508 e. The van der Waals surface area contributed by atoms with Crippen molar-refractivity contribution in [1.82, 2.24) is 0 Å². The number of phenolic OH excluding ortho intramolecular Hbond substituents is 1. The summed E-state index contributed by atoms with van der Waals surface area (Å²) in [7, 11) is 0. The van der Waals surface area contributed by atoms with E-state index in [0.717, 1.165) is 27.9 Å². The molecule has 0 heterocycles. The lowest BCUT2D eigenvalue weighted by molar-refractivity contribution is 0.475. The van der Waals surface area contributed by atoms with Crippen molar-refractivity contribution in [2.45, 2.75) is 0 Å². The highest BCUT2D eigenvalue weighted by atomic mass is 32.1. The van der Waals surface area contributed by atoms with E-state index in [9.17, 15) is 5.11 Å². The standard InChI is InChI=1S/C21H13NOS/c23-21-13-9-19(10-14-21)18-7-3-16(4-8-18)1-2-17-5-11-20(12-6-17)22-15-24/h3-14,23H. The summed E-state index contributed by atoms with van der Waals surface area (Å²) in [6.45, 7) is 0. The van der Waals surface area contributed by atoms with Crippen molar-refractivity contribution >= 4 is 23.1 Å². The summed E-state index contributed by atoms with van der Waals surface area (Å²) in [5.74, 6) is 6.54. The molecule has 24 heavy (non-hydrogen) atoms. The Morgan fingerprint density at radius 1 is 0.667 bits per heavy atom. The van der Waals surface area contributed by atoms with Crippen LogP contribution in [0, 0.1) is 11.8 Å². The fourth-order valence-corrected chi connectivity index (χ4v) is 2.32. The van der Waals surface area contributed by atoms with Gasteiger partial charge in [0.25, 0.3) is 0 Å². The minimum atomic E-state index is 0.267. The zero-order valence-electron chi connectivity index (χ0n) is 12.7. The molecule has 0 aliphatic carbocycles. The molecule has 0 atom stereocenters. The average molecular weight is 327 g/mol. The Kier molecular flexibility index (Phi) is 4.84. The van der Waals surface area contributed by atoms with Crippen LogP contribution in [0.4, 0.5) is 5.69 Å². The number of rotatable bonds is 2. The third kappa shape index (κ3) is 3.97. The van der Waals surface area contributed by atoms with Crippen molar-refractivity contribution < 1.29 is 5.11 Å². The molecule has 3 aromatic carbocycles. The number of phenols is 1. The van der Waals surface area contributed by atoms with Gasteiger partial charge in [0.1, 0.15) is 5.75 Å². The molecule has 0 spiro atoms. The fraction of sp³-hybridized carbons (Fsp3) is 0. The average Bonchev–Trinajstić information content (AvgIpc) is 2.63. The van der Waals surface area contributed by atoms with Crippen molar-refractivity contribution in [3.8, 4) is 28.7 Å². The molecule has 0 radical (unpaired) electrons. The van der Waals surface area contributed by atoms with E-state index in [2.05, 4.69) is 34.2 Å². The number of aliphatic imine (C=N–C) groups is 1. The maximum absolute atomic E-state index is 9.34. The van der Waals surface area contributed by atoms with Crippen molar-refractivity contribution in [1.29, 1.82) is 0 Å². The Labute approximate surface area is 146 Å². The molecule has 3 rings (SSSR count). The van der Waals surface area contributed by atoms with Crippen molar-refractivity contribution in [3.63, 3.8) is 0 Å². The summed E-state index contributed by atoms with van der Waals surface area (Å²) in [6.07, 6.45) is 0. The van der Waals surface area contributed by atoms with Crippen LogP contribution >= 0.6 is 12.2 Å². The molecule has 0 amide bonds. The fourth-order valence-electron chi connectivity index (χ4n) is 2.22. The van der Waals surface area contributed by atoms with E-state index in [1.165, 1.54) is 0 Å². The first-order chi connectivity index (χ1) is 11.7. The molecule has 114 valence electrons. The molecule has 0 aliphatic rings. The molecular formula is C21H13NOS. The smallest absolute Gasteiger partial charge is 0.115 e. The normalized spacial score (nSPS) is 9.50. The Morgan fingerprint density at radius 3 is 1.62 bits per heavy atom. The lowest BCUT2D eigenvalue weighted by atomic mass is 10.0. The predicted molar refractivity (Wildman–Crippen MR) is 101 cm³/mol. The summed E-state index contributed by atoms with van der Waals surface area (Å²) in [5.41, 5.74) is 4.78. The van der Waals surface area contributed by atoms with Crippen LogP contribution in [0.1, 0.15) is 11.1 Å². The van der Waals surface area contributed by atoms with Gasteiger partial charge in [-0.05, 0) is 71.9 Å². The highest BCUT2D eigenvalue weighted by Gasteiger charge is 1.97. The summed E-state index contributed by atoms with van der Waals surface area (Å²) in [5, 5.41) is 11.7. The number of thiocarbonyl (C=S) groups is 1. The van der Waals surface area contributed by atoms with Crippen molar-refractivity contribution in [2.24, 2.45) is 4.99 Å². The molecule has 1 N–H and O–H groups in total. The SMILES string of the molecule is Oc1ccc(-c2ccc(C#Cc3ccc(N=C=S)cc3)cc2)cc1. The second-order valence-corrected chi connectivity index (χ2v) is 5.31. The van der Waals surface area contributed by atoms with Gasteiger partial charge in [0, 0.05) is 11.1 Å². The van der Waals surface area contributed by atoms with Gasteiger partial charge in [0.05, 0.1) is 10.8 Å². The minimum Gasteiger partial charge on any atom is -0.508 e. The first kappa shape index (κ1) is 15.7.